The van der Waals surface area contributed by atoms with Crippen molar-refractivity contribution < 1.29 is 24.9 Å². The standard InChI is InChI=1S/C21H27N5O2.C16H19N5.C5H10O3/c1-13(2)19(27)20(28)25-15-9-21(3,4)12-26(11-15)16-6-5-14(10-22)17-18(16)24-8-7-23-17;1-16(2)7-12(18)9-21(10-16)13-4-3-11(8-17)14-15(13)20-6-5-19-14;1-3(2)4(6)5(7)8/h5-8,13,15,19,27H,9,11-12H2,1-4H3,(H,25,28);3-6,12H,7,9-10,18H2,1-2H3;3-4,6H,1-2H3,(H,7,8)/t15-,19-;12-;4-/m111/s1. The summed E-state index contributed by atoms with van der Waals surface area (Å²) in [5, 5.41) is 48.3. The van der Waals surface area contributed by atoms with Crippen molar-refractivity contribution in [1.29, 1.82) is 10.5 Å². The monoisotopic (exact) mass is 780 g/mol. The molecule has 15 heteroatoms. The molecule has 2 fully saturated rings. The van der Waals surface area contributed by atoms with Crippen molar-refractivity contribution in [2.75, 3.05) is 36.0 Å². The van der Waals surface area contributed by atoms with Crippen molar-refractivity contribution in [3.05, 3.63) is 60.2 Å². The van der Waals surface area contributed by atoms with E-state index in [-0.39, 0.29) is 40.7 Å². The van der Waals surface area contributed by atoms with Crippen LogP contribution in [0, 0.1) is 45.3 Å². The Balaban J connectivity index is 0.000000218. The van der Waals surface area contributed by atoms with Gasteiger partial charge in [-0.3, -0.25) is 24.7 Å². The number of benzene rings is 2. The molecular formula is C42H56N10O5. The molecule has 2 aliphatic heterocycles. The number of hydrogen-bond donors (Lipinski definition) is 5. The molecule has 0 spiro atoms. The summed E-state index contributed by atoms with van der Waals surface area (Å²) in [4.78, 5) is 44.3. The van der Waals surface area contributed by atoms with Crippen molar-refractivity contribution in [2.24, 2.45) is 28.4 Å². The molecule has 4 aromatic rings. The van der Waals surface area contributed by atoms with Gasteiger partial charge in [0.25, 0.3) is 0 Å². The lowest BCUT2D eigenvalue weighted by Crippen LogP contribution is -2.55. The summed E-state index contributed by atoms with van der Waals surface area (Å²) < 4.78 is 0. The van der Waals surface area contributed by atoms with E-state index in [2.05, 4.69) is 74.9 Å². The number of nitrogens with one attached hydrogen (secondary N) is 1. The predicted molar refractivity (Wildman–Crippen MR) is 219 cm³/mol. The SMILES string of the molecule is CC(C)[C@@H](O)C(=O)N[C@H]1CN(c2ccc(C#N)c3nccnc23)CC(C)(C)C1.CC(C)[C@@H](O)C(=O)O.CC1(C)C[C@@H](N)CN(c2ccc(C#N)c3nccnc23)C1. The number of carbonyl (C=O) groups is 2. The van der Waals surface area contributed by atoms with Crippen LogP contribution in [0.4, 0.5) is 11.4 Å². The summed E-state index contributed by atoms with van der Waals surface area (Å²) in [7, 11) is 0. The second-order valence-corrected chi connectivity index (χ2v) is 17.2. The van der Waals surface area contributed by atoms with Crippen LogP contribution in [0.2, 0.25) is 0 Å². The molecule has 0 bridgehead atoms. The van der Waals surface area contributed by atoms with Gasteiger partial charge in [-0.15, -0.1) is 0 Å². The minimum atomic E-state index is -1.21. The van der Waals surface area contributed by atoms with Crippen LogP contribution in [-0.4, -0.2) is 97.6 Å². The zero-order valence-corrected chi connectivity index (χ0v) is 34.1. The van der Waals surface area contributed by atoms with E-state index in [1.807, 2.05) is 32.0 Å². The van der Waals surface area contributed by atoms with Gasteiger partial charge >= 0.3 is 5.97 Å². The average Bonchev–Trinajstić information content (AvgIpc) is 3.15. The van der Waals surface area contributed by atoms with Gasteiger partial charge in [0, 0.05) is 63.1 Å². The van der Waals surface area contributed by atoms with Gasteiger partial charge in [-0.2, -0.15) is 10.5 Å². The summed E-state index contributed by atoms with van der Waals surface area (Å²) >= 11 is 0. The Hall–Kier alpha value is -5.48. The summed E-state index contributed by atoms with van der Waals surface area (Å²) in [5.41, 5.74) is 12.0. The summed E-state index contributed by atoms with van der Waals surface area (Å²) in [6.07, 6.45) is 6.11. The molecule has 4 heterocycles. The number of fused-ring (bicyclic) bond motifs is 2. The quantitative estimate of drug-likeness (QED) is 0.175. The van der Waals surface area contributed by atoms with E-state index >= 15 is 0 Å². The van der Waals surface area contributed by atoms with E-state index in [9.17, 15) is 25.2 Å². The molecule has 6 N–H and O–H groups in total. The Morgan fingerprint density at radius 3 is 1.54 bits per heavy atom. The first-order chi connectivity index (χ1) is 26.8. The highest BCUT2D eigenvalue weighted by Crippen LogP contribution is 2.36. The maximum Gasteiger partial charge on any atom is 0.332 e. The third-order valence-electron chi connectivity index (χ3n) is 10.0. The number of carboxylic acids is 1. The maximum absolute atomic E-state index is 12.4. The summed E-state index contributed by atoms with van der Waals surface area (Å²) in [6.45, 7) is 18.9. The van der Waals surface area contributed by atoms with E-state index in [1.54, 1.807) is 44.7 Å². The molecular weight excluding hydrogens is 725 g/mol. The Bertz CT molecular complexity index is 2130. The molecule has 1 amide bonds. The van der Waals surface area contributed by atoms with Crippen LogP contribution in [0.1, 0.15) is 79.4 Å². The Labute approximate surface area is 334 Å². The number of nitrogens with zero attached hydrogens (tertiary/aromatic N) is 8. The molecule has 2 aromatic carbocycles. The fourth-order valence-electron chi connectivity index (χ4n) is 7.46. The van der Waals surface area contributed by atoms with E-state index in [0.29, 0.717) is 34.2 Å². The number of rotatable bonds is 7. The van der Waals surface area contributed by atoms with Crippen LogP contribution >= 0.6 is 0 Å². The number of aliphatic hydroxyl groups is 2. The Morgan fingerprint density at radius 2 is 1.16 bits per heavy atom. The summed E-state index contributed by atoms with van der Waals surface area (Å²) in [6, 6.07) is 11.9. The van der Waals surface area contributed by atoms with Crippen molar-refractivity contribution in [3.63, 3.8) is 0 Å². The third-order valence-corrected chi connectivity index (χ3v) is 10.0. The molecule has 15 nitrogen and oxygen atoms in total. The highest BCUT2D eigenvalue weighted by atomic mass is 16.4. The second kappa shape index (κ2) is 18.6. The number of hydrogen-bond acceptors (Lipinski definition) is 13. The molecule has 304 valence electrons. The number of aromatic nitrogens is 4. The van der Waals surface area contributed by atoms with Gasteiger partial charge in [-0.1, -0.05) is 55.4 Å². The molecule has 0 unspecified atom stereocenters. The fraction of sp³-hybridized carbons (Fsp3) is 0.524. The van der Waals surface area contributed by atoms with Gasteiger partial charge in [0.15, 0.2) is 6.10 Å². The Kier molecular flexibility index (Phi) is 14.5. The van der Waals surface area contributed by atoms with Gasteiger partial charge in [-0.05, 0) is 59.8 Å². The molecule has 2 aromatic heterocycles. The van der Waals surface area contributed by atoms with Crippen molar-refractivity contribution in [2.45, 2.75) is 92.5 Å². The van der Waals surface area contributed by atoms with Crippen LogP contribution in [0.15, 0.2) is 49.1 Å². The van der Waals surface area contributed by atoms with Crippen molar-refractivity contribution >= 4 is 45.3 Å². The number of aliphatic carboxylic acids is 1. The number of nitriles is 2. The number of aliphatic hydroxyl groups excluding tert-OH is 2. The maximum atomic E-state index is 12.4. The average molecular weight is 781 g/mol. The number of carbonyl (C=O) groups excluding carboxylic acids is 1. The van der Waals surface area contributed by atoms with E-state index < -0.39 is 18.2 Å². The van der Waals surface area contributed by atoms with Crippen LogP contribution in [-0.2, 0) is 9.59 Å². The summed E-state index contributed by atoms with van der Waals surface area (Å²) in [5.74, 6) is -1.82. The molecule has 0 saturated carbocycles. The van der Waals surface area contributed by atoms with Gasteiger partial charge in [0.1, 0.15) is 40.3 Å². The first-order valence-electron chi connectivity index (χ1n) is 19.2. The lowest BCUT2D eigenvalue weighted by Gasteiger charge is -2.44. The van der Waals surface area contributed by atoms with Crippen LogP contribution in [0.25, 0.3) is 22.1 Å². The second-order valence-electron chi connectivity index (χ2n) is 17.2. The molecule has 2 saturated heterocycles. The zero-order valence-electron chi connectivity index (χ0n) is 34.1. The van der Waals surface area contributed by atoms with Gasteiger partial charge < -0.3 is 36.2 Å². The first kappa shape index (κ1) is 44.2. The molecule has 0 radical (unpaired) electrons. The minimum Gasteiger partial charge on any atom is -0.479 e. The molecule has 2 aliphatic rings. The molecule has 0 aliphatic carbocycles. The zero-order chi connectivity index (χ0) is 42.2. The van der Waals surface area contributed by atoms with E-state index in [1.165, 1.54) is 0 Å². The van der Waals surface area contributed by atoms with Gasteiger partial charge in [0.05, 0.1) is 22.5 Å². The topological polar surface area (TPSA) is 238 Å². The smallest absolute Gasteiger partial charge is 0.332 e. The Morgan fingerprint density at radius 1 is 0.737 bits per heavy atom. The van der Waals surface area contributed by atoms with E-state index in [4.69, 9.17) is 15.9 Å². The molecule has 4 atom stereocenters. The number of nitrogens with two attached hydrogens (primary N) is 1. The fourth-order valence-corrected chi connectivity index (χ4v) is 7.46. The number of piperidine rings is 2. The normalized spacial score (nSPS) is 19.6. The van der Waals surface area contributed by atoms with Crippen LogP contribution in [0.3, 0.4) is 0 Å². The predicted octanol–water partition coefficient (Wildman–Crippen LogP) is 4.39. The number of anilines is 2. The van der Waals surface area contributed by atoms with Gasteiger partial charge in [0.2, 0.25) is 5.91 Å². The van der Waals surface area contributed by atoms with Crippen molar-refractivity contribution in [1.82, 2.24) is 25.3 Å². The molecule has 57 heavy (non-hydrogen) atoms. The van der Waals surface area contributed by atoms with Crippen LogP contribution < -0.4 is 20.9 Å². The number of amides is 1. The van der Waals surface area contributed by atoms with Crippen LogP contribution in [0.5, 0.6) is 0 Å². The lowest BCUT2D eigenvalue weighted by molar-refractivity contribution is -0.148. The third kappa shape index (κ3) is 11.3. The van der Waals surface area contributed by atoms with Crippen molar-refractivity contribution in [3.8, 4) is 12.1 Å². The highest BCUT2D eigenvalue weighted by Gasteiger charge is 2.36. The highest BCUT2D eigenvalue weighted by molar-refractivity contribution is 5.93. The van der Waals surface area contributed by atoms with E-state index in [0.717, 1.165) is 49.4 Å². The van der Waals surface area contributed by atoms with Gasteiger partial charge in [-0.25, -0.2) is 4.79 Å². The lowest BCUT2D eigenvalue weighted by atomic mass is 9.81. The largest absolute Gasteiger partial charge is 0.479 e. The first-order valence-corrected chi connectivity index (χ1v) is 19.2. The number of carboxylic acid groups (broad SMARTS) is 1. The minimum absolute atomic E-state index is 0.0403. The molecule has 6 rings (SSSR count).